The van der Waals surface area contributed by atoms with E-state index in [1.807, 2.05) is 6.07 Å². The van der Waals surface area contributed by atoms with Gasteiger partial charge in [0, 0.05) is 30.1 Å². The molecule has 0 saturated carbocycles. The predicted molar refractivity (Wildman–Crippen MR) is 108 cm³/mol. The summed E-state index contributed by atoms with van der Waals surface area (Å²) in [4.78, 5) is 15.1. The SMILES string of the molecule is O=C(O)c1cccc(CC(=NNC(O)c2cccc(-n3ccnc3)c2)B(O)O)c1O. The number of hydrazone groups is 1. The minimum atomic E-state index is -1.99. The Morgan fingerprint density at radius 3 is 2.67 bits per heavy atom. The van der Waals surface area contributed by atoms with Crippen molar-refractivity contribution in [2.75, 3.05) is 0 Å². The molecule has 0 aliphatic rings. The highest BCUT2D eigenvalue weighted by molar-refractivity contribution is 6.80. The van der Waals surface area contributed by atoms with E-state index in [0.29, 0.717) is 5.56 Å². The fourth-order valence-electron chi connectivity index (χ4n) is 2.78. The lowest BCUT2D eigenvalue weighted by Gasteiger charge is -2.14. The van der Waals surface area contributed by atoms with Gasteiger partial charge >= 0.3 is 13.1 Å². The largest absolute Gasteiger partial charge is 0.507 e. The summed E-state index contributed by atoms with van der Waals surface area (Å²) in [6.07, 6.45) is 3.46. The Balaban J connectivity index is 1.78. The number of carbonyl (C=O) groups is 1. The Labute approximate surface area is 171 Å². The fraction of sp³-hybridized carbons (Fsp3) is 0.105. The number of rotatable bonds is 8. The first-order valence-corrected chi connectivity index (χ1v) is 8.85. The average molecular weight is 410 g/mol. The predicted octanol–water partition coefficient (Wildman–Crippen LogP) is 0.467. The van der Waals surface area contributed by atoms with E-state index in [1.165, 1.54) is 18.2 Å². The number of nitrogens with zero attached hydrogens (tertiary/aromatic N) is 3. The molecule has 1 aromatic heterocycles. The smallest absolute Gasteiger partial charge is 0.505 e. The number of aromatic carboxylic acids is 1. The number of phenols is 1. The zero-order chi connectivity index (χ0) is 21.7. The van der Waals surface area contributed by atoms with Crippen molar-refractivity contribution in [2.45, 2.75) is 12.6 Å². The van der Waals surface area contributed by atoms with Gasteiger partial charge in [0.05, 0.1) is 11.9 Å². The van der Waals surface area contributed by atoms with Crippen LogP contribution in [0.1, 0.15) is 27.7 Å². The summed E-state index contributed by atoms with van der Waals surface area (Å²) < 4.78 is 1.75. The van der Waals surface area contributed by atoms with Crippen LogP contribution in [0.2, 0.25) is 0 Å². The van der Waals surface area contributed by atoms with Crippen molar-refractivity contribution < 1.29 is 30.2 Å². The van der Waals surface area contributed by atoms with Crippen LogP contribution in [0.3, 0.4) is 0 Å². The molecule has 0 aliphatic heterocycles. The minimum Gasteiger partial charge on any atom is -0.507 e. The van der Waals surface area contributed by atoms with Crippen molar-refractivity contribution in [3.05, 3.63) is 77.9 Å². The molecule has 3 aromatic rings. The Morgan fingerprint density at radius 2 is 2.00 bits per heavy atom. The van der Waals surface area contributed by atoms with Crippen LogP contribution in [0, 0.1) is 0 Å². The third-order valence-corrected chi connectivity index (χ3v) is 4.34. The molecule has 0 radical (unpaired) electrons. The highest BCUT2D eigenvalue weighted by Gasteiger charge is 2.22. The first-order valence-electron chi connectivity index (χ1n) is 8.85. The maximum atomic E-state index is 11.1. The molecular formula is C19H19BN4O6. The molecule has 10 nitrogen and oxygen atoms in total. The Kier molecular flexibility index (Phi) is 6.47. The number of imidazole rings is 1. The lowest BCUT2D eigenvalue weighted by molar-refractivity contribution is 0.0693. The number of carboxylic acid groups (broad SMARTS) is 1. The third-order valence-electron chi connectivity index (χ3n) is 4.34. The number of benzene rings is 2. The normalized spacial score (nSPS) is 12.4. The number of nitrogens with one attached hydrogen (secondary N) is 1. The van der Waals surface area contributed by atoms with E-state index in [0.717, 1.165) is 5.69 Å². The van der Waals surface area contributed by atoms with Gasteiger partial charge in [-0.25, -0.2) is 9.78 Å². The standard InChI is InChI=1S/C19H19BN4O6/c25-17-12(3-2-6-15(17)19(27)28)10-16(20(29)30)22-23-18(26)13-4-1-5-14(9-13)24-8-7-21-11-24/h1-9,11,18,23,25-26,29-30H,10H2,(H,27,28). The molecule has 0 aliphatic carbocycles. The number of aliphatic hydroxyl groups is 1. The van der Waals surface area contributed by atoms with E-state index in [-0.39, 0.29) is 23.2 Å². The number of aromatic nitrogens is 2. The molecule has 1 unspecified atom stereocenters. The first-order chi connectivity index (χ1) is 14.4. The summed E-state index contributed by atoms with van der Waals surface area (Å²) in [5.41, 5.74) is 3.25. The number of aliphatic hydroxyl groups excluding tert-OH is 1. The van der Waals surface area contributed by atoms with Gasteiger partial charge in [0.1, 0.15) is 11.3 Å². The topological polar surface area (TPSA) is 160 Å². The summed E-state index contributed by atoms with van der Waals surface area (Å²) in [7, 11) is -1.99. The van der Waals surface area contributed by atoms with Crippen molar-refractivity contribution in [3.63, 3.8) is 0 Å². The van der Waals surface area contributed by atoms with Gasteiger partial charge in [-0.2, -0.15) is 5.10 Å². The lowest BCUT2D eigenvalue weighted by Crippen LogP contribution is -2.31. The van der Waals surface area contributed by atoms with Crippen LogP contribution in [-0.4, -0.2) is 53.6 Å². The summed E-state index contributed by atoms with van der Waals surface area (Å²) in [6, 6.07) is 11.0. The van der Waals surface area contributed by atoms with Crippen LogP contribution in [0.25, 0.3) is 5.69 Å². The molecule has 0 amide bonds. The molecule has 6 N–H and O–H groups in total. The van der Waals surface area contributed by atoms with Crippen LogP contribution >= 0.6 is 0 Å². The molecule has 0 bridgehead atoms. The summed E-state index contributed by atoms with van der Waals surface area (Å²) in [6.45, 7) is 0. The Morgan fingerprint density at radius 1 is 1.23 bits per heavy atom. The molecule has 3 rings (SSSR count). The molecule has 1 heterocycles. The van der Waals surface area contributed by atoms with Crippen LogP contribution < -0.4 is 5.43 Å². The summed E-state index contributed by atoms with van der Waals surface area (Å²) >= 11 is 0. The average Bonchev–Trinajstić information content (AvgIpc) is 3.26. The summed E-state index contributed by atoms with van der Waals surface area (Å²) in [5, 5.41) is 52.6. The van der Waals surface area contributed by atoms with Crippen LogP contribution in [-0.2, 0) is 6.42 Å². The van der Waals surface area contributed by atoms with Crippen LogP contribution in [0.4, 0.5) is 0 Å². The quantitative estimate of drug-likeness (QED) is 0.135. The number of para-hydroxylation sites is 1. The molecule has 30 heavy (non-hydrogen) atoms. The maximum absolute atomic E-state index is 11.1. The van der Waals surface area contributed by atoms with Gasteiger partial charge in [0.25, 0.3) is 0 Å². The van der Waals surface area contributed by atoms with E-state index >= 15 is 0 Å². The van der Waals surface area contributed by atoms with Crippen molar-refractivity contribution >= 4 is 18.7 Å². The van der Waals surface area contributed by atoms with E-state index in [1.54, 1.807) is 41.5 Å². The van der Waals surface area contributed by atoms with E-state index < -0.39 is 25.1 Å². The second-order valence-electron chi connectivity index (χ2n) is 6.37. The van der Waals surface area contributed by atoms with Gasteiger partial charge in [-0.3, -0.25) is 5.43 Å². The zero-order valence-electron chi connectivity index (χ0n) is 15.6. The maximum Gasteiger partial charge on any atom is 0.505 e. The highest BCUT2D eigenvalue weighted by Crippen LogP contribution is 2.23. The van der Waals surface area contributed by atoms with Crippen molar-refractivity contribution in [3.8, 4) is 11.4 Å². The van der Waals surface area contributed by atoms with Crippen LogP contribution in [0.5, 0.6) is 5.75 Å². The monoisotopic (exact) mass is 410 g/mol. The third kappa shape index (κ3) is 4.84. The Bertz CT molecular complexity index is 1050. The van der Waals surface area contributed by atoms with Crippen molar-refractivity contribution in [1.82, 2.24) is 15.0 Å². The minimum absolute atomic E-state index is 0.139. The van der Waals surface area contributed by atoms with Crippen LogP contribution in [0.15, 0.2) is 66.3 Å². The molecule has 0 fully saturated rings. The highest BCUT2D eigenvalue weighted by atomic mass is 16.4. The number of hydrogen-bond donors (Lipinski definition) is 6. The molecule has 1 atom stereocenters. The molecule has 11 heteroatoms. The second kappa shape index (κ2) is 9.22. The van der Waals surface area contributed by atoms with E-state index in [9.17, 15) is 25.1 Å². The van der Waals surface area contributed by atoms with Gasteiger partial charge in [-0.15, -0.1) is 0 Å². The molecule has 154 valence electrons. The fourth-order valence-corrected chi connectivity index (χ4v) is 2.78. The molecule has 2 aromatic carbocycles. The number of carboxylic acids is 1. The van der Waals surface area contributed by atoms with E-state index in [2.05, 4.69) is 15.5 Å². The lowest BCUT2D eigenvalue weighted by atomic mass is 9.79. The van der Waals surface area contributed by atoms with Gasteiger partial charge in [-0.1, -0.05) is 24.3 Å². The van der Waals surface area contributed by atoms with Gasteiger partial charge in [0.2, 0.25) is 0 Å². The zero-order valence-corrected chi connectivity index (χ0v) is 15.6. The Hall–Kier alpha value is -3.67. The van der Waals surface area contributed by atoms with Crippen molar-refractivity contribution in [2.24, 2.45) is 5.10 Å². The molecule has 0 spiro atoms. The molecule has 0 saturated heterocycles. The number of aromatic hydroxyl groups is 1. The number of hydrogen-bond acceptors (Lipinski definition) is 8. The van der Waals surface area contributed by atoms with E-state index in [4.69, 9.17) is 5.11 Å². The van der Waals surface area contributed by atoms with Gasteiger partial charge in [0.15, 0.2) is 6.23 Å². The molecular weight excluding hydrogens is 391 g/mol. The first kappa shape index (κ1) is 21.1. The second-order valence-corrected chi connectivity index (χ2v) is 6.37. The van der Waals surface area contributed by atoms with Crippen molar-refractivity contribution in [1.29, 1.82) is 0 Å². The van der Waals surface area contributed by atoms with Gasteiger partial charge in [-0.05, 0) is 23.8 Å². The summed E-state index contributed by atoms with van der Waals surface area (Å²) in [5.74, 6) is -1.81. The van der Waals surface area contributed by atoms with Gasteiger partial charge < -0.3 is 29.9 Å².